The van der Waals surface area contributed by atoms with Crippen molar-refractivity contribution in [3.63, 3.8) is 0 Å². The van der Waals surface area contributed by atoms with Gasteiger partial charge in [-0.05, 0) is 38.5 Å². The van der Waals surface area contributed by atoms with Gasteiger partial charge in [-0.25, -0.2) is 0 Å². The van der Waals surface area contributed by atoms with E-state index in [0.717, 1.165) is 33.5 Å². The predicted octanol–water partition coefficient (Wildman–Crippen LogP) is 4.69. The molecule has 1 atom stereocenters. The molecule has 1 aromatic carbocycles. The molecular formula is C17H15ClN4S2. The second-order valence-electron chi connectivity index (χ2n) is 5.76. The Morgan fingerprint density at radius 2 is 1.83 bits per heavy atom. The lowest BCUT2D eigenvalue weighted by atomic mass is 10.00. The molecule has 0 N–H and O–H groups in total. The molecule has 4 nitrogen and oxygen atoms in total. The van der Waals surface area contributed by atoms with Gasteiger partial charge in [-0.1, -0.05) is 23.7 Å². The molecule has 4 rings (SSSR count). The zero-order valence-electron chi connectivity index (χ0n) is 13.4. The summed E-state index contributed by atoms with van der Waals surface area (Å²) in [7, 11) is 0. The number of aliphatic imine (C=N–C) groups is 1. The van der Waals surface area contributed by atoms with E-state index in [0.29, 0.717) is 5.02 Å². The number of nitrogens with zero attached hydrogens (tertiary/aromatic N) is 4. The van der Waals surface area contributed by atoms with Crippen molar-refractivity contribution in [2.24, 2.45) is 4.99 Å². The first-order chi connectivity index (χ1) is 11.5. The highest BCUT2D eigenvalue weighted by atomic mass is 35.5. The first-order valence-electron chi connectivity index (χ1n) is 7.52. The minimum Gasteiger partial charge on any atom is -0.271 e. The Morgan fingerprint density at radius 1 is 1.12 bits per heavy atom. The number of fused-ring (bicyclic) bond motifs is 3. The minimum absolute atomic E-state index is 0.365. The van der Waals surface area contributed by atoms with E-state index in [9.17, 15) is 0 Å². The number of rotatable bonds is 1. The topological polar surface area (TPSA) is 43.1 Å². The summed E-state index contributed by atoms with van der Waals surface area (Å²) in [5.74, 6) is 1.60. The fraction of sp³-hybridized carbons (Fsp3) is 0.235. The van der Waals surface area contributed by atoms with Gasteiger partial charge in [0.2, 0.25) is 0 Å². The van der Waals surface area contributed by atoms with E-state index in [1.807, 2.05) is 31.2 Å². The van der Waals surface area contributed by atoms with Crippen LogP contribution in [-0.4, -0.2) is 20.5 Å². The van der Waals surface area contributed by atoms with Crippen LogP contribution in [0.4, 0.5) is 0 Å². The van der Waals surface area contributed by atoms with Gasteiger partial charge in [-0.15, -0.1) is 34.2 Å². The van der Waals surface area contributed by atoms with E-state index in [1.54, 1.807) is 11.3 Å². The molecule has 1 aliphatic rings. The summed E-state index contributed by atoms with van der Waals surface area (Å²) in [6.45, 7) is 6.22. The van der Waals surface area contributed by atoms with Crippen molar-refractivity contribution < 1.29 is 0 Å². The maximum Gasteiger partial charge on any atom is 0.173 e. The van der Waals surface area contributed by atoms with Crippen LogP contribution in [0.2, 0.25) is 5.02 Å². The molecule has 0 amide bonds. The number of thiophene rings is 1. The summed E-state index contributed by atoms with van der Waals surface area (Å²) >= 11 is 12.4. The van der Waals surface area contributed by atoms with Crippen LogP contribution in [-0.2, 0) is 0 Å². The summed E-state index contributed by atoms with van der Waals surface area (Å²) in [4.78, 5) is 6.13. The average Bonchev–Trinajstić information content (AvgIpc) is 3.03. The van der Waals surface area contributed by atoms with Crippen molar-refractivity contribution >= 4 is 41.3 Å². The molecule has 7 heteroatoms. The average molecular weight is 375 g/mol. The molecule has 0 saturated carbocycles. The van der Waals surface area contributed by atoms with Gasteiger partial charge in [-0.3, -0.25) is 9.56 Å². The highest BCUT2D eigenvalue weighted by molar-refractivity contribution is 7.80. The van der Waals surface area contributed by atoms with Crippen molar-refractivity contribution in [3.05, 3.63) is 62.5 Å². The summed E-state index contributed by atoms with van der Waals surface area (Å²) in [5.41, 5.74) is 4.30. The molecule has 0 aliphatic carbocycles. The van der Waals surface area contributed by atoms with Gasteiger partial charge in [0.15, 0.2) is 11.2 Å². The second-order valence-corrected chi connectivity index (χ2v) is 7.89. The fourth-order valence-electron chi connectivity index (χ4n) is 2.91. The summed E-state index contributed by atoms with van der Waals surface area (Å²) in [6, 6.07) is 7.77. The normalized spacial score (nSPS) is 16.4. The maximum atomic E-state index is 6.05. The lowest BCUT2D eigenvalue weighted by Gasteiger charge is -2.09. The highest BCUT2D eigenvalue weighted by Gasteiger charge is 2.29. The Bertz CT molecular complexity index is 969. The van der Waals surface area contributed by atoms with Crippen molar-refractivity contribution in [3.8, 4) is 5.00 Å². The molecule has 3 heterocycles. The molecule has 0 bridgehead atoms. The third-order valence-electron chi connectivity index (χ3n) is 4.26. The van der Waals surface area contributed by atoms with Crippen LogP contribution in [0.15, 0.2) is 29.3 Å². The Kier molecular flexibility index (Phi) is 3.78. The SMILES string of the molecule is Cc1sc2c(c1C)C(c1ccc(Cl)cc1)=N[C@@H](S)c1nnc(C)n1-2. The number of halogens is 1. The minimum atomic E-state index is -0.365. The second kappa shape index (κ2) is 5.72. The molecule has 0 fully saturated rings. The van der Waals surface area contributed by atoms with Gasteiger partial charge in [0.25, 0.3) is 0 Å². The Balaban J connectivity index is 2.04. The maximum absolute atomic E-state index is 6.05. The molecule has 122 valence electrons. The third-order valence-corrected chi connectivity index (χ3v) is 6.05. The Labute approximate surface area is 154 Å². The quantitative estimate of drug-likeness (QED) is 0.628. The predicted molar refractivity (Wildman–Crippen MR) is 102 cm³/mol. The van der Waals surface area contributed by atoms with E-state index in [4.69, 9.17) is 16.6 Å². The van der Waals surface area contributed by atoms with Crippen molar-refractivity contribution in [1.82, 2.24) is 14.8 Å². The molecule has 3 aromatic rings. The highest BCUT2D eigenvalue weighted by Crippen LogP contribution is 2.39. The lowest BCUT2D eigenvalue weighted by Crippen LogP contribution is -2.07. The van der Waals surface area contributed by atoms with E-state index in [1.165, 1.54) is 10.4 Å². The Morgan fingerprint density at radius 3 is 2.54 bits per heavy atom. The molecule has 0 spiro atoms. The van der Waals surface area contributed by atoms with Crippen LogP contribution in [0.1, 0.15) is 38.6 Å². The molecule has 0 radical (unpaired) electrons. The molecule has 1 aliphatic heterocycles. The number of aromatic nitrogens is 3. The molecule has 2 aromatic heterocycles. The summed E-state index contributed by atoms with van der Waals surface area (Å²) < 4.78 is 2.07. The van der Waals surface area contributed by atoms with Crippen molar-refractivity contribution in [2.75, 3.05) is 0 Å². The zero-order chi connectivity index (χ0) is 17.0. The monoisotopic (exact) mass is 374 g/mol. The standard InChI is InChI=1S/C17H15ClN4S2/c1-8-9(2)24-17-13(8)14(11-4-6-12(18)7-5-11)19-16(23)15-21-20-10(3)22(15)17/h4-7,16,23H,1-3H3/t16-/m0/s1. The van der Waals surface area contributed by atoms with Crippen LogP contribution in [0, 0.1) is 20.8 Å². The number of benzene rings is 1. The van der Waals surface area contributed by atoms with Gasteiger partial charge >= 0.3 is 0 Å². The van der Waals surface area contributed by atoms with Crippen LogP contribution >= 0.6 is 35.6 Å². The van der Waals surface area contributed by atoms with Gasteiger partial charge in [0, 0.05) is 21.0 Å². The molecule has 0 saturated heterocycles. The van der Waals surface area contributed by atoms with Crippen LogP contribution in [0.3, 0.4) is 0 Å². The first-order valence-corrected chi connectivity index (χ1v) is 9.23. The Hall–Kier alpha value is -1.63. The van der Waals surface area contributed by atoms with Gasteiger partial charge in [-0.2, -0.15) is 0 Å². The van der Waals surface area contributed by atoms with E-state index < -0.39 is 0 Å². The number of hydrogen-bond acceptors (Lipinski definition) is 5. The van der Waals surface area contributed by atoms with Crippen LogP contribution in [0.25, 0.3) is 5.00 Å². The number of thiol groups is 1. The van der Waals surface area contributed by atoms with Crippen molar-refractivity contribution in [1.29, 1.82) is 0 Å². The third kappa shape index (κ3) is 2.32. The molecule has 24 heavy (non-hydrogen) atoms. The lowest BCUT2D eigenvalue weighted by molar-refractivity contribution is 0.856. The fourth-order valence-corrected chi connectivity index (χ4v) is 4.54. The summed E-state index contributed by atoms with van der Waals surface area (Å²) in [6.07, 6.45) is 0. The van der Waals surface area contributed by atoms with Crippen LogP contribution < -0.4 is 0 Å². The number of hydrogen-bond donors (Lipinski definition) is 1. The zero-order valence-corrected chi connectivity index (χ0v) is 15.9. The largest absolute Gasteiger partial charge is 0.271 e. The van der Waals surface area contributed by atoms with Crippen LogP contribution in [0.5, 0.6) is 0 Å². The molecule has 0 unspecified atom stereocenters. The smallest absolute Gasteiger partial charge is 0.173 e. The first kappa shape index (κ1) is 15.9. The van der Waals surface area contributed by atoms with Gasteiger partial charge < -0.3 is 0 Å². The van der Waals surface area contributed by atoms with Crippen molar-refractivity contribution in [2.45, 2.75) is 26.1 Å². The van der Waals surface area contributed by atoms with Gasteiger partial charge in [0.1, 0.15) is 10.8 Å². The van der Waals surface area contributed by atoms with E-state index >= 15 is 0 Å². The van der Waals surface area contributed by atoms with E-state index in [-0.39, 0.29) is 5.37 Å². The molecular weight excluding hydrogens is 360 g/mol. The number of aryl methyl sites for hydroxylation is 2. The summed E-state index contributed by atoms with van der Waals surface area (Å²) in [5, 5.41) is 9.96. The van der Waals surface area contributed by atoms with E-state index in [2.05, 4.69) is 41.2 Å². The van der Waals surface area contributed by atoms with Gasteiger partial charge in [0.05, 0.1) is 5.71 Å².